The first-order valence-corrected chi connectivity index (χ1v) is 11.5. The maximum Gasteiger partial charge on any atom is 0.311 e. The fourth-order valence-electron chi connectivity index (χ4n) is 4.58. The molecular weight excluding hydrogens is 400 g/mol. The number of aromatic nitrogens is 2. The molecule has 3 rings (SSSR count). The quantitative estimate of drug-likeness (QED) is 0.462. The van der Waals surface area contributed by atoms with Crippen LogP contribution in [0.3, 0.4) is 0 Å². The molecule has 0 atom stereocenters. The van der Waals surface area contributed by atoms with Crippen molar-refractivity contribution in [1.82, 2.24) is 9.97 Å². The SMILES string of the molecule is CCCCCCc1cc2c(cc1C#Cc1cnc(CC(=O)O)nc1)C(C)(C)CC(C)(C)O2. The van der Waals surface area contributed by atoms with Gasteiger partial charge in [0.05, 0.1) is 5.56 Å². The molecule has 2 heterocycles. The summed E-state index contributed by atoms with van der Waals surface area (Å²) in [5, 5.41) is 8.88. The minimum atomic E-state index is -0.946. The molecule has 0 saturated carbocycles. The van der Waals surface area contributed by atoms with Crippen molar-refractivity contribution < 1.29 is 14.6 Å². The summed E-state index contributed by atoms with van der Waals surface area (Å²) in [4.78, 5) is 19.1. The molecule has 5 nitrogen and oxygen atoms in total. The van der Waals surface area contributed by atoms with E-state index >= 15 is 0 Å². The highest BCUT2D eigenvalue weighted by Crippen LogP contribution is 2.45. The molecule has 0 amide bonds. The lowest BCUT2D eigenvalue weighted by Crippen LogP contribution is -2.41. The first-order valence-electron chi connectivity index (χ1n) is 11.5. The van der Waals surface area contributed by atoms with Gasteiger partial charge < -0.3 is 9.84 Å². The Kier molecular flexibility index (Phi) is 7.23. The van der Waals surface area contributed by atoms with Gasteiger partial charge >= 0.3 is 5.97 Å². The maximum absolute atomic E-state index is 10.8. The number of unbranched alkanes of at least 4 members (excludes halogenated alkanes) is 3. The predicted molar refractivity (Wildman–Crippen MR) is 126 cm³/mol. The zero-order valence-electron chi connectivity index (χ0n) is 19.9. The smallest absolute Gasteiger partial charge is 0.311 e. The summed E-state index contributed by atoms with van der Waals surface area (Å²) in [5.74, 6) is 6.82. The fourth-order valence-corrected chi connectivity index (χ4v) is 4.58. The Morgan fingerprint density at radius 1 is 1.09 bits per heavy atom. The topological polar surface area (TPSA) is 72.3 Å². The first-order chi connectivity index (χ1) is 15.1. The number of aliphatic carboxylic acids is 1. The zero-order chi connectivity index (χ0) is 23.4. The van der Waals surface area contributed by atoms with Crippen LogP contribution in [-0.4, -0.2) is 26.6 Å². The van der Waals surface area contributed by atoms with Gasteiger partial charge in [-0.3, -0.25) is 4.79 Å². The summed E-state index contributed by atoms with van der Waals surface area (Å²) < 4.78 is 6.37. The Hall–Kier alpha value is -2.87. The van der Waals surface area contributed by atoms with E-state index in [1.807, 2.05) is 0 Å². The monoisotopic (exact) mass is 434 g/mol. The van der Waals surface area contributed by atoms with Gasteiger partial charge in [-0.25, -0.2) is 9.97 Å². The molecule has 1 aromatic heterocycles. The summed E-state index contributed by atoms with van der Waals surface area (Å²) >= 11 is 0. The number of rotatable bonds is 7. The number of carboxylic acids is 1. The average Bonchev–Trinajstić information content (AvgIpc) is 2.69. The molecule has 0 radical (unpaired) electrons. The number of benzene rings is 1. The van der Waals surface area contributed by atoms with Gasteiger partial charge in [0.1, 0.15) is 23.6 Å². The fraction of sp³-hybridized carbons (Fsp3) is 0.519. The molecule has 32 heavy (non-hydrogen) atoms. The summed E-state index contributed by atoms with van der Waals surface area (Å²) in [7, 11) is 0. The minimum absolute atomic E-state index is 0.00412. The Bertz CT molecular complexity index is 1030. The molecule has 0 saturated heterocycles. The second-order valence-corrected chi connectivity index (χ2v) is 9.95. The van der Waals surface area contributed by atoms with Crippen LogP contribution < -0.4 is 4.74 Å². The van der Waals surface area contributed by atoms with Crippen molar-refractivity contribution >= 4 is 5.97 Å². The van der Waals surface area contributed by atoms with Crippen LogP contribution in [0, 0.1) is 11.8 Å². The normalized spacial score (nSPS) is 15.8. The number of nitrogens with zero attached hydrogens (tertiary/aromatic N) is 2. The number of ether oxygens (including phenoxy) is 1. The third-order valence-corrected chi connectivity index (χ3v) is 5.84. The molecule has 1 aromatic carbocycles. The maximum atomic E-state index is 10.8. The Morgan fingerprint density at radius 2 is 1.81 bits per heavy atom. The van der Waals surface area contributed by atoms with Crippen molar-refractivity contribution in [3.05, 3.63) is 52.6 Å². The summed E-state index contributed by atoms with van der Waals surface area (Å²) in [6.45, 7) is 11.1. The molecule has 0 bridgehead atoms. The standard InChI is InChI=1S/C27H34N2O3/c1-6-7-8-9-10-20-14-23-22(26(2,3)18-27(4,5)32-23)13-21(20)12-11-19-16-28-24(29-17-19)15-25(30)31/h13-14,16-17H,6-10,15,18H2,1-5H3,(H,30,31). The molecule has 0 aliphatic carbocycles. The van der Waals surface area contributed by atoms with Crippen LogP contribution in [0.25, 0.3) is 0 Å². The van der Waals surface area contributed by atoms with Crippen LogP contribution in [0.4, 0.5) is 0 Å². The van der Waals surface area contributed by atoms with Crippen LogP contribution in [-0.2, 0) is 23.1 Å². The van der Waals surface area contributed by atoms with Gasteiger partial charge in [0.2, 0.25) is 0 Å². The lowest BCUT2D eigenvalue weighted by molar-refractivity contribution is -0.136. The minimum Gasteiger partial charge on any atom is -0.488 e. The molecule has 5 heteroatoms. The van der Waals surface area contributed by atoms with E-state index in [0.29, 0.717) is 5.56 Å². The second-order valence-electron chi connectivity index (χ2n) is 9.95. The molecule has 0 unspecified atom stereocenters. The van der Waals surface area contributed by atoms with Crippen LogP contribution in [0.1, 0.15) is 94.8 Å². The van der Waals surface area contributed by atoms with E-state index in [0.717, 1.165) is 30.6 Å². The Labute approximate surface area is 191 Å². The Morgan fingerprint density at radius 3 is 2.47 bits per heavy atom. The van der Waals surface area contributed by atoms with Crippen molar-refractivity contribution in [2.24, 2.45) is 0 Å². The number of carboxylic acid groups (broad SMARTS) is 1. The van der Waals surface area contributed by atoms with Crippen molar-refractivity contribution in [2.75, 3.05) is 0 Å². The third-order valence-electron chi connectivity index (χ3n) is 5.84. The van der Waals surface area contributed by atoms with Gasteiger partial charge in [0, 0.05) is 23.5 Å². The van der Waals surface area contributed by atoms with Crippen LogP contribution in [0.15, 0.2) is 24.5 Å². The molecular formula is C27H34N2O3. The highest BCUT2D eigenvalue weighted by Gasteiger charge is 2.39. The molecule has 1 N–H and O–H groups in total. The van der Waals surface area contributed by atoms with Crippen molar-refractivity contribution in [3.8, 4) is 17.6 Å². The second kappa shape index (κ2) is 9.73. The number of hydrogen-bond acceptors (Lipinski definition) is 4. The van der Waals surface area contributed by atoms with Gasteiger partial charge in [0.15, 0.2) is 0 Å². The lowest BCUT2D eigenvalue weighted by atomic mass is 9.73. The van der Waals surface area contributed by atoms with Crippen LogP contribution in [0.5, 0.6) is 5.75 Å². The van der Waals surface area contributed by atoms with Crippen molar-refractivity contribution in [2.45, 2.75) is 90.6 Å². The molecule has 1 aliphatic rings. The zero-order valence-corrected chi connectivity index (χ0v) is 19.9. The molecule has 170 valence electrons. The average molecular weight is 435 g/mol. The van der Waals surface area contributed by atoms with Gasteiger partial charge in [-0.05, 0) is 56.2 Å². The Balaban J connectivity index is 1.95. The largest absolute Gasteiger partial charge is 0.488 e. The lowest BCUT2D eigenvalue weighted by Gasteiger charge is -2.42. The van der Waals surface area contributed by atoms with Gasteiger partial charge in [-0.1, -0.05) is 51.9 Å². The molecule has 1 aliphatic heterocycles. The van der Waals surface area contributed by atoms with Gasteiger partial charge in [-0.15, -0.1) is 0 Å². The van der Waals surface area contributed by atoms with E-state index in [-0.39, 0.29) is 23.3 Å². The summed E-state index contributed by atoms with van der Waals surface area (Å²) in [5.41, 5.74) is 3.90. The number of carbonyl (C=O) groups is 1. The van der Waals surface area contributed by atoms with Gasteiger partial charge in [0.25, 0.3) is 0 Å². The molecule has 0 fully saturated rings. The van der Waals surface area contributed by atoms with Gasteiger partial charge in [-0.2, -0.15) is 0 Å². The van der Waals surface area contributed by atoms with Crippen LogP contribution >= 0.6 is 0 Å². The van der Waals surface area contributed by atoms with Crippen molar-refractivity contribution in [3.63, 3.8) is 0 Å². The number of fused-ring (bicyclic) bond motifs is 1. The van der Waals surface area contributed by atoms with Crippen LogP contribution in [0.2, 0.25) is 0 Å². The molecule has 0 spiro atoms. The molecule has 2 aromatic rings. The van der Waals surface area contributed by atoms with E-state index < -0.39 is 5.97 Å². The highest BCUT2D eigenvalue weighted by molar-refractivity contribution is 5.68. The van der Waals surface area contributed by atoms with E-state index in [9.17, 15) is 4.79 Å². The third kappa shape index (κ3) is 6.09. The number of hydrogen-bond donors (Lipinski definition) is 1. The van der Waals surface area contributed by atoms with E-state index in [2.05, 4.69) is 68.6 Å². The van der Waals surface area contributed by atoms with E-state index in [1.165, 1.54) is 30.4 Å². The summed E-state index contributed by atoms with van der Waals surface area (Å²) in [6.07, 6.45) is 9.68. The highest BCUT2D eigenvalue weighted by atomic mass is 16.5. The summed E-state index contributed by atoms with van der Waals surface area (Å²) in [6, 6.07) is 4.40. The van der Waals surface area contributed by atoms with E-state index in [1.54, 1.807) is 12.4 Å². The van der Waals surface area contributed by atoms with Crippen molar-refractivity contribution in [1.29, 1.82) is 0 Å². The first kappa shape index (κ1) is 23.8. The van der Waals surface area contributed by atoms with E-state index in [4.69, 9.17) is 9.84 Å². The number of aryl methyl sites for hydroxylation is 1. The predicted octanol–water partition coefficient (Wildman–Crippen LogP) is 5.47.